The van der Waals surface area contributed by atoms with Crippen molar-refractivity contribution in [2.45, 2.75) is 26.8 Å². The van der Waals surface area contributed by atoms with Gasteiger partial charge in [0.15, 0.2) is 0 Å². The van der Waals surface area contributed by atoms with Crippen molar-refractivity contribution in [3.05, 3.63) is 64.2 Å². The molecule has 0 unspecified atom stereocenters. The maximum absolute atomic E-state index is 10.9. The molecule has 0 atom stereocenters. The zero-order valence-corrected chi connectivity index (χ0v) is 14.4. The zero-order valence-electron chi connectivity index (χ0n) is 14.4. The lowest BCUT2D eigenvalue weighted by Gasteiger charge is -2.15. The first kappa shape index (κ1) is 16.6. The number of anilines is 1. The number of hydrogen-bond donors (Lipinski definition) is 0. The van der Waals surface area contributed by atoms with Crippen molar-refractivity contribution in [3.8, 4) is 12.0 Å². The molecule has 0 saturated carbocycles. The van der Waals surface area contributed by atoms with Crippen LogP contribution in [0.15, 0.2) is 43.0 Å². The van der Waals surface area contributed by atoms with Gasteiger partial charge in [-0.05, 0) is 32.3 Å². The van der Waals surface area contributed by atoms with Gasteiger partial charge in [0.2, 0.25) is 0 Å². The molecule has 25 heavy (non-hydrogen) atoms. The molecule has 1 aliphatic heterocycles. The van der Waals surface area contributed by atoms with Gasteiger partial charge in [0, 0.05) is 48.4 Å². The smallest absolute Gasteiger partial charge is 0.270 e. The molecule has 0 amide bonds. The van der Waals surface area contributed by atoms with Crippen LogP contribution in [0.1, 0.15) is 31.0 Å². The van der Waals surface area contributed by atoms with Crippen LogP contribution in [0.3, 0.4) is 0 Å². The third kappa shape index (κ3) is 3.63. The van der Waals surface area contributed by atoms with Gasteiger partial charge in [0.05, 0.1) is 16.8 Å². The van der Waals surface area contributed by atoms with Crippen LogP contribution >= 0.6 is 0 Å². The number of aromatic nitrogens is 2. The van der Waals surface area contributed by atoms with Gasteiger partial charge in [-0.25, -0.2) is 0 Å². The van der Waals surface area contributed by atoms with Gasteiger partial charge in [-0.3, -0.25) is 19.7 Å². The number of aryl methyl sites for hydroxylation is 1. The van der Waals surface area contributed by atoms with Crippen molar-refractivity contribution in [2.24, 2.45) is 0 Å². The van der Waals surface area contributed by atoms with E-state index in [9.17, 15) is 10.1 Å². The van der Waals surface area contributed by atoms with Crippen LogP contribution in [0.2, 0.25) is 0 Å². The minimum Gasteiger partial charge on any atom is -0.325 e. The molecule has 0 spiro atoms. The summed E-state index contributed by atoms with van der Waals surface area (Å²) in [5.41, 5.74) is 2.63. The number of nitro groups is 1. The predicted octanol–water partition coefficient (Wildman–Crippen LogP) is 3.24. The predicted molar refractivity (Wildman–Crippen MR) is 95.6 cm³/mol. The van der Waals surface area contributed by atoms with Crippen LogP contribution in [0, 0.1) is 29.0 Å². The van der Waals surface area contributed by atoms with Crippen molar-refractivity contribution in [3.63, 3.8) is 0 Å². The highest BCUT2D eigenvalue weighted by Gasteiger charge is 2.15. The van der Waals surface area contributed by atoms with E-state index in [1.54, 1.807) is 6.07 Å². The molecule has 3 rings (SSSR count). The molecule has 1 aromatic carbocycles. The van der Waals surface area contributed by atoms with Crippen LogP contribution in [-0.2, 0) is 0 Å². The van der Waals surface area contributed by atoms with Crippen LogP contribution < -0.4 is 4.90 Å². The molecule has 7 nitrogen and oxygen atoms in total. The number of rotatable bonds is 3. The summed E-state index contributed by atoms with van der Waals surface area (Å²) in [7, 11) is 0. The third-order valence-electron chi connectivity index (χ3n) is 3.95. The van der Waals surface area contributed by atoms with Gasteiger partial charge in [0.1, 0.15) is 6.67 Å². The lowest BCUT2D eigenvalue weighted by Crippen LogP contribution is -2.21. The fourth-order valence-corrected chi connectivity index (χ4v) is 2.41. The molecule has 0 radical (unpaired) electrons. The normalized spacial score (nSPS) is 13.3. The number of non-ortho nitro benzene ring substituents is 1. The first-order valence-electron chi connectivity index (χ1n) is 7.96. The topological polar surface area (TPSA) is 67.4 Å². The number of nitro benzene ring substituents is 1. The molecule has 2 heterocycles. The Bertz CT molecular complexity index is 888. The summed E-state index contributed by atoms with van der Waals surface area (Å²) < 4.78 is 1.91. The largest absolute Gasteiger partial charge is 0.325 e. The van der Waals surface area contributed by atoms with E-state index in [1.807, 2.05) is 46.2 Å². The standard InChI is InChI=1S/C18H19N5O2/c1-14(2)22-12-18(11-19-22)21-9-8-20(13-21)7-6-16-10-17(23(24)25)5-4-15(16)3/h4-5,8-12,14H,13H2,1-3H3. The monoisotopic (exact) mass is 337 g/mol. The van der Waals surface area contributed by atoms with Gasteiger partial charge in [-0.2, -0.15) is 5.10 Å². The Hall–Kier alpha value is -3.27. The first-order valence-corrected chi connectivity index (χ1v) is 7.96. The van der Waals surface area contributed by atoms with Gasteiger partial charge in [-0.15, -0.1) is 0 Å². The van der Waals surface area contributed by atoms with Gasteiger partial charge in [0.25, 0.3) is 5.69 Å². The fraction of sp³-hybridized carbons (Fsp3) is 0.278. The third-order valence-corrected chi connectivity index (χ3v) is 3.95. The molecule has 2 aromatic rings. The quantitative estimate of drug-likeness (QED) is 0.489. The van der Waals surface area contributed by atoms with Crippen molar-refractivity contribution in [1.82, 2.24) is 14.7 Å². The van der Waals surface area contributed by atoms with Crippen LogP contribution in [0.4, 0.5) is 11.4 Å². The molecule has 0 N–H and O–H groups in total. The van der Waals surface area contributed by atoms with Gasteiger partial charge >= 0.3 is 0 Å². The lowest BCUT2D eigenvalue weighted by molar-refractivity contribution is -0.384. The molecule has 0 bridgehead atoms. The second-order valence-corrected chi connectivity index (χ2v) is 6.14. The van der Waals surface area contributed by atoms with E-state index in [4.69, 9.17) is 0 Å². The van der Waals surface area contributed by atoms with Crippen molar-refractivity contribution < 1.29 is 4.92 Å². The van der Waals surface area contributed by atoms with E-state index >= 15 is 0 Å². The van der Waals surface area contributed by atoms with E-state index in [0.29, 0.717) is 18.3 Å². The Labute approximate surface area is 146 Å². The minimum atomic E-state index is -0.408. The summed E-state index contributed by atoms with van der Waals surface area (Å²) in [5, 5.41) is 15.2. The summed E-state index contributed by atoms with van der Waals surface area (Å²) in [6.45, 7) is 6.64. The highest BCUT2D eigenvalue weighted by Crippen LogP contribution is 2.20. The van der Waals surface area contributed by atoms with E-state index in [2.05, 4.69) is 30.9 Å². The maximum Gasteiger partial charge on any atom is 0.270 e. The van der Waals surface area contributed by atoms with Gasteiger partial charge < -0.3 is 4.90 Å². The summed E-state index contributed by atoms with van der Waals surface area (Å²) in [5.74, 6) is 3.02. The Morgan fingerprint density at radius 1 is 1.32 bits per heavy atom. The van der Waals surface area contributed by atoms with Crippen molar-refractivity contribution in [2.75, 3.05) is 11.6 Å². The molecular weight excluding hydrogens is 318 g/mol. The van der Waals surface area contributed by atoms with E-state index in [0.717, 1.165) is 11.3 Å². The molecule has 0 fully saturated rings. The molecule has 1 aliphatic rings. The fourth-order valence-electron chi connectivity index (χ4n) is 2.41. The van der Waals surface area contributed by atoms with Crippen LogP contribution in [0.25, 0.3) is 0 Å². The van der Waals surface area contributed by atoms with E-state index in [1.165, 1.54) is 12.1 Å². The lowest BCUT2D eigenvalue weighted by atomic mass is 10.1. The van der Waals surface area contributed by atoms with Gasteiger partial charge in [-0.1, -0.05) is 6.07 Å². The summed E-state index contributed by atoms with van der Waals surface area (Å²) in [6.07, 6.45) is 7.64. The maximum atomic E-state index is 10.9. The number of nitrogens with zero attached hydrogens (tertiary/aromatic N) is 5. The average molecular weight is 337 g/mol. The van der Waals surface area contributed by atoms with Crippen LogP contribution in [0.5, 0.6) is 0 Å². The van der Waals surface area contributed by atoms with Crippen LogP contribution in [-0.4, -0.2) is 26.3 Å². The minimum absolute atomic E-state index is 0.0505. The van der Waals surface area contributed by atoms with Crippen molar-refractivity contribution >= 4 is 11.4 Å². The molecule has 1 aromatic heterocycles. The number of benzene rings is 1. The molecule has 0 aliphatic carbocycles. The second kappa shape index (κ2) is 6.69. The number of hydrogen-bond acceptors (Lipinski definition) is 5. The Morgan fingerprint density at radius 2 is 2.12 bits per heavy atom. The molecule has 7 heteroatoms. The highest BCUT2D eigenvalue weighted by atomic mass is 16.6. The molecular formula is C18H19N5O2. The molecule has 128 valence electrons. The van der Waals surface area contributed by atoms with Crippen molar-refractivity contribution in [1.29, 1.82) is 0 Å². The van der Waals surface area contributed by atoms with E-state index in [-0.39, 0.29) is 5.69 Å². The zero-order chi connectivity index (χ0) is 18.0. The summed E-state index contributed by atoms with van der Waals surface area (Å²) >= 11 is 0. The average Bonchev–Trinajstić information content (AvgIpc) is 3.23. The highest BCUT2D eigenvalue weighted by molar-refractivity contribution is 5.50. The first-order chi connectivity index (χ1) is 11.9. The SMILES string of the molecule is Cc1ccc([N+](=O)[O-])cc1C#CN1C=CN(c2cnn(C(C)C)c2)C1. The molecule has 0 saturated heterocycles. The van der Waals surface area contributed by atoms with E-state index < -0.39 is 4.92 Å². The summed E-state index contributed by atoms with van der Waals surface area (Å²) in [6, 6.07) is 8.07. The second-order valence-electron chi connectivity index (χ2n) is 6.14. The Kier molecular flexibility index (Phi) is 4.44. The summed E-state index contributed by atoms with van der Waals surface area (Å²) in [4.78, 5) is 14.4. The Balaban J connectivity index is 1.72. The Morgan fingerprint density at radius 3 is 2.80 bits per heavy atom.